The maximum absolute atomic E-state index is 11.0. The molecule has 0 aliphatic heterocycles. The molecule has 0 amide bonds. The first kappa shape index (κ1) is 23.2. The highest BCUT2D eigenvalue weighted by molar-refractivity contribution is 14.0. The normalized spacial score (nSPS) is 12.7. The maximum Gasteiger partial charge on any atom is 0.191 e. The molecule has 0 radical (unpaired) electrons. The van der Waals surface area contributed by atoms with Crippen LogP contribution >= 0.6 is 24.0 Å². The van der Waals surface area contributed by atoms with Gasteiger partial charge in [0.05, 0.1) is 5.75 Å². The second-order valence-electron chi connectivity index (χ2n) is 5.48. The summed E-state index contributed by atoms with van der Waals surface area (Å²) < 4.78 is 22.1. The molecule has 21 heavy (non-hydrogen) atoms. The molecule has 0 atom stereocenters. The number of nitrogens with one attached hydrogen (secondary N) is 2. The Morgan fingerprint density at radius 3 is 1.95 bits per heavy atom. The molecular weight excluding hydrogens is 403 g/mol. The first-order valence-corrected chi connectivity index (χ1v) is 9.11. The van der Waals surface area contributed by atoms with Crippen molar-refractivity contribution in [3.05, 3.63) is 0 Å². The lowest BCUT2D eigenvalue weighted by Gasteiger charge is -2.30. The largest absolute Gasteiger partial charge is 0.355 e. The van der Waals surface area contributed by atoms with Crippen molar-refractivity contribution in [1.82, 2.24) is 15.5 Å². The molecule has 0 aliphatic rings. The molecule has 0 saturated heterocycles. The van der Waals surface area contributed by atoms with Gasteiger partial charge < -0.3 is 10.6 Å². The van der Waals surface area contributed by atoms with Gasteiger partial charge in [-0.2, -0.15) is 0 Å². The zero-order valence-corrected chi connectivity index (χ0v) is 17.2. The van der Waals surface area contributed by atoms with Gasteiger partial charge in [0.1, 0.15) is 9.84 Å². The third-order valence-electron chi connectivity index (χ3n) is 2.98. The molecule has 0 fully saturated rings. The summed E-state index contributed by atoms with van der Waals surface area (Å²) in [5.41, 5.74) is 0. The van der Waals surface area contributed by atoms with Gasteiger partial charge in [-0.3, -0.25) is 9.89 Å². The van der Waals surface area contributed by atoms with Crippen LogP contribution < -0.4 is 10.6 Å². The molecule has 0 aliphatic carbocycles. The summed E-state index contributed by atoms with van der Waals surface area (Å²) in [5.74, 6) is 0.749. The molecule has 8 heteroatoms. The van der Waals surface area contributed by atoms with Crippen LogP contribution in [-0.4, -0.2) is 70.1 Å². The minimum Gasteiger partial charge on any atom is -0.355 e. The van der Waals surface area contributed by atoms with E-state index in [1.54, 1.807) is 7.05 Å². The number of sulfone groups is 1. The Balaban J connectivity index is 0. The van der Waals surface area contributed by atoms with Gasteiger partial charge in [0.15, 0.2) is 5.96 Å². The number of halogens is 1. The van der Waals surface area contributed by atoms with Crippen molar-refractivity contribution in [3.63, 3.8) is 0 Å². The van der Waals surface area contributed by atoms with Crippen LogP contribution in [0.2, 0.25) is 0 Å². The van der Waals surface area contributed by atoms with E-state index < -0.39 is 9.84 Å². The Morgan fingerprint density at radius 1 is 1.10 bits per heavy atom. The van der Waals surface area contributed by atoms with Gasteiger partial charge in [0.2, 0.25) is 0 Å². The second kappa shape index (κ2) is 11.5. The van der Waals surface area contributed by atoms with Crippen LogP contribution in [0, 0.1) is 0 Å². The summed E-state index contributed by atoms with van der Waals surface area (Å²) in [6.45, 7) is 10.8. The van der Waals surface area contributed by atoms with Gasteiger partial charge in [-0.25, -0.2) is 8.42 Å². The van der Waals surface area contributed by atoms with Crippen LogP contribution in [-0.2, 0) is 9.84 Å². The number of nitrogens with zero attached hydrogens (tertiary/aromatic N) is 2. The van der Waals surface area contributed by atoms with Crippen LogP contribution in [0.5, 0.6) is 0 Å². The van der Waals surface area contributed by atoms with Gasteiger partial charge in [-0.1, -0.05) is 0 Å². The van der Waals surface area contributed by atoms with E-state index >= 15 is 0 Å². The molecule has 0 unspecified atom stereocenters. The summed E-state index contributed by atoms with van der Waals surface area (Å²) in [5, 5.41) is 6.20. The summed E-state index contributed by atoms with van der Waals surface area (Å²) >= 11 is 0. The highest BCUT2D eigenvalue weighted by Gasteiger charge is 2.12. The molecule has 0 bridgehead atoms. The van der Waals surface area contributed by atoms with Gasteiger partial charge in [-0.05, 0) is 27.7 Å². The molecule has 0 aromatic rings. The first-order chi connectivity index (χ1) is 9.17. The van der Waals surface area contributed by atoms with Crippen LogP contribution in [0.4, 0.5) is 0 Å². The fraction of sp³-hybridized carbons (Fsp3) is 0.923. The van der Waals surface area contributed by atoms with E-state index in [9.17, 15) is 8.42 Å². The van der Waals surface area contributed by atoms with Crippen LogP contribution in [0.3, 0.4) is 0 Å². The fourth-order valence-electron chi connectivity index (χ4n) is 1.99. The lowest BCUT2D eigenvalue weighted by molar-refractivity contribution is 0.178. The molecule has 0 heterocycles. The average Bonchev–Trinajstić information content (AvgIpc) is 2.29. The molecule has 0 spiro atoms. The van der Waals surface area contributed by atoms with Gasteiger partial charge in [0, 0.05) is 45.0 Å². The molecule has 2 N–H and O–H groups in total. The number of hydrogen-bond donors (Lipinski definition) is 2. The zero-order valence-electron chi connectivity index (χ0n) is 14.0. The molecule has 0 rings (SSSR count). The van der Waals surface area contributed by atoms with Crippen LogP contribution in [0.15, 0.2) is 4.99 Å². The smallest absolute Gasteiger partial charge is 0.191 e. The summed E-state index contributed by atoms with van der Waals surface area (Å²) in [7, 11) is -1.26. The predicted molar refractivity (Wildman–Crippen MR) is 101 cm³/mol. The van der Waals surface area contributed by atoms with E-state index in [0.29, 0.717) is 24.6 Å². The van der Waals surface area contributed by atoms with Crippen molar-refractivity contribution in [3.8, 4) is 0 Å². The van der Waals surface area contributed by atoms with Crippen molar-refractivity contribution >= 4 is 39.8 Å². The number of guanidine groups is 1. The molecule has 6 nitrogen and oxygen atoms in total. The molecular formula is C13H31IN4O2S. The van der Waals surface area contributed by atoms with Crippen LogP contribution in [0.1, 0.15) is 27.7 Å². The first-order valence-electron chi connectivity index (χ1n) is 7.05. The molecule has 128 valence electrons. The highest BCUT2D eigenvalue weighted by Crippen LogP contribution is 2.03. The second-order valence-corrected chi connectivity index (χ2v) is 7.74. The third-order valence-corrected chi connectivity index (χ3v) is 3.92. The van der Waals surface area contributed by atoms with E-state index in [-0.39, 0.29) is 29.7 Å². The zero-order chi connectivity index (χ0) is 15.8. The lowest BCUT2D eigenvalue weighted by atomic mass is 10.2. The van der Waals surface area contributed by atoms with Gasteiger partial charge in [-0.15, -0.1) is 24.0 Å². The fourth-order valence-corrected chi connectivity index (χ4v) is 2.46. The highest BCUT2D eigenvalue weighted by atomic mass is 127. The number of rotatable bonds is 8. The van der Waals surface area contributed by atoms with Crippen molar-refractivity contribution in [2.75, 3.05) is 38.7 Å². The summed E-state index contributed by atoms with van der Waals surface area (Å²) in [4.78, 5) is 6.46. The van der Waals surface area contributed by atoms with E-state index in [4.69, 9.17) is 0 Å². The summed E-state index contributed by atoms with van der Waals surface area (Å²) in [6, 6.07) is 0.994. The molecule has 0 aromatic heterocycles. The third kappa shape index (κ3) is 12.2. The lowest BCUT2D eigenvalue weighted by Crippen LogP contribution is -2.45. The number of aliphatic imine (C=N–C) groups is 1. The summed E-state index contributed by atoms with van der Waals surface area (Å²) in [6.07, 6.45) is 1.23. The SMILES string of the molecule is CN=C(NCCN(C(C)C)C(C)C)NCCS(C)(=O)=O.I. The monoisotopic (exact) mass is 434 g/mol. The van der Waals surface area contributed by atoms with Crippen molar-refractivity contribution in [1.29, 1.82) is 0 Å². The van der Waals surface area contributed by atoms with Gasteiger partial charge >= 0.3 is 0 Å². The van der Waals surface area contributed by atoms with Crippen LogP contribution in [0.25, 0.3) is 0 Å². The standard InChI is InChI=1S/C13H30N4O2S.HI/c1-11(2)17(12(3)4)9-7-15-13(14-5)16-8-10-20(6,18)19;/h11-12H,7-10H2,1-6H3,(H2,14,15,16);1H. The number of hydrogen-bond acceptors (Lipinski definition) is 4. The quantitative estimate of drug-likeness (QED) is 0.338. The van der Waals surface area contributed by atoms with E-state index in [1.807, 2.05) is 0 Å². The molecule has 0 aromatic carbocycles. The Labute approximate surface area is 147 Å². The van der Waals surface area contributed by atoms with Crippen molar-refractivity contribution in [2.24, 2.45) is 4.99 Å². The van der Waals surface area contributed by atoms with Crippen molar-refractivity contribution in [2.45, 2.75) is 39.8 Å². The predicted octanol–water partition coefficient (Wildman–Crippen LogP) is 0.933. The topological polar surface area (TPSA) is 73.8 Å². The minimum absolute atomic E-state index is 0. The van der Waals surface area contributed by atoms with Crippen molar-refractivity contribution < 1.29 is 8.42 Å². The van der Waals surface area contributed by atoms with E-state index in [0.717, 1.165) is 13.1 Å². The minimum atomic E-state index is -2.94. The van der Waals surface area contributed by atoms with E-state index in [2.05, 4.69) is 48.2 Å². The average molecular weight is 434 g/mol. The van der Waals surface area contributed by atoms with Gasteiger partial charge in [0.25, 0.3) is 0 Å². The molecule has 0 saturated carbocycles. The Hall–Kier alpha value is -0.0900. The Morgan fingerprint density at radius 2 is 1.57 bits per heavy atom. The Bertz CT molecular complexity index is 389. The van der Waals surface area contributed by atoms with E-state index in [1.165, 1.54) is 6.26 Å². The Kier molecular flexibility index (Phi) is 12.7. The maximum atomic E-state index is 11.0.